The first-order valence-electron chi connectivity index (χ1n) is 6.15. The normalized spacial score (nSPS) is 12.3. The quantitative estimate of drug-likeness (QED) is 0.845. The first kappa shape index (κ1) is 12.7. The van der Waals surface area contributed by atoms with Gasteiger partial charge in [0.2, 0.25) is 0 Å². The van der Waals surface area contributed by atoms with E-state index in [0.717, 1.165) is 17.8 Å². The zero-order valence-corrected chi connectivity index (χ0v) is 10.5. The zero-order chi connectivity index (χ0) is 12.8. The van der Waals surface area contributed by atoms with Gasteiger partial charge < -0.3 is 10.4 Å². The van der Waals surface area contributed by atoms with Crippen molar-refractivity contribution in [3.63, 3.8) is 0 Å². The molecule has 2 rings (SSSR count). The number of rotatable bonds is 5. The molecule has 0 saturated heterocycles. The van der Waals surface area contributed by atoms with Crippen molar-refractivity contribution in [2.45, 2.75) is 19.6 Å². The molecule has 0 spiro atoms. The van der Waals surface area contributed by atoms with Gasteiger partial charge in [-0.2, -0.15) is 0 Å². The third-order valence-electron chi connectivity index (χ3n) is 2.68. The Hall–Kier alpha value is -1.71. The van der Waals surface area contributed by atoms with Crippen LogP contribution in [0.2, 0.25) is 0 Å². The van der Waals surface area contributed by atoms with Crippen molar-refractivity contribution >= 4 is 0 Å². The number of benzene rings is 1. The van der Waals surface area contributed by atoms with E-state index < -0.39 is 0 Å². The summed E-state index contributed by atoms with van der Waals surface area (Å²) in [5.74, 6) is 0. The summed E-state index contributed by atoms with van der Waals surface area (Å²) in [4.78, 5) is 4.32. The average molecular weight is 242 g/mol. The molecule has 0 amide bonds. The van der Waals surface area contributed by atoms with Crippen LogP contribution in [0.5, 0.6) is 0 Å². The van der Waals surface area contributed by atoms with Crippen molar-refractivity contribution in [2.75, 3.05) is 6.54 Å². The van der Waals surface area contributed by atoms with Gasteiger partial charge in [-0.1, -0.05) is 30.3 Å². The van der Waals surface area contributed by atoms with Crippen molar-refractivity contribution in [1.82, 2.24) is 10.3 Å². The predicted molar refractivity (Wildman–Crippen MR) is 73.1 cm³/mol. The molecule has 2 aromatic rings. The number of aromatic nitrogens is 1. The Morgan fingerprint density at radius 2 is 1.94 bits per heavy atom. The van der Waals surface area contributed by atoms with Crippen molar-refractivity contribution in [3.8, 4) is 11.3 Å². The second-order valence-electron chi connectivity index (χ2n) is 4.39. The summed E-state index contributed by atoms with van der Waals surface area (Å²) in [5.41, 5.74) is 3.31. The summed E-state index contributed by atoms with van der Waals surface area (Å²) in [6, 6.07) is 14.2. The van der Waals surface area contributed by atoms with Gasteiger partial charge in [-0.15, -0.1) is 0 Å². The Bertz CT molecular complexity index is 466. The molecule has 94 valence electrons. The Morgan fingerprint density at radius 1 is 1.17 bits per heavy atom. The fourth-order valence-electron chi connectivity index (χ4n) is 1.75. The van der Waals surface area contributed by atoms with Crippen LogP contribution in [0.1, 0.15) is 12.5 Å². The molecular formula is C15H18N2O. The molecule has 1 heterocycles. The second-order valence-corrected chi connectivity index (χ2v) is 4.39. The first-order valence-corrected chi connectivity index (χ1v) is 6.15. The van der Waals surface area contributed by atoms with Gasteiger partial charge in [-0.3, -0.25) is 4.98 Å². The van der Waals surface area contributed by atoms with Crippen LogP contribution in [-0.2, 0) is 6.54 Å². The molecule has 0 saturated carbocycles. The van der Waals surface area contributed by atoms with Gasteiger partial charge >= 0.3 is 0 Å². The van der Waals surface area contributed by atoms with Gasteiger partial charge in [0.05, 0.1) is 11.8 Å². The number of nitrogens with zero attached hydrogens (tertiary/aromatic N) is 1. The summed E-state index contributed by atoms with van der Waals surface area (Å²) < 4.78 is 0. The average Bonchev–Trinajstić information content (AvgIpc) is 2.40. The van der Waals surface area contributed by atoms with Crippen LogP contribution < -0.4 is 5.32 Å². The highest BCUT2D eigenvalue weighted by atomic mass is 16.3. The van der Waals surface area contributed by atoms with Crippen molar-refractivity contribution in [2.24, 2.45) is 0 Å². The zero-order valence-electron chi connectivity index (χ0n) is 10.5. The van der Waals surface area contributed by atoms with Gasteiger partial charge in [0.15, 0.2) is 0 Å². The van der Waals surface area contributed by atoms with Crippen molar-refractivity contribution < 1.29 is 5.11 Å². The number of pyridine rings is 1. The minimum absolute atomic E-state index is 0.308. The fourth-order valence-corrected chi connectivity index (χ4v) is 1.75. The molecule has 0 unspecified atom stereocenters. The van der Waals surface area contributed by atoms with E-state index in [9.17, 15) is 0 Å². The third-order valence-corrected chi connectivity index (χ3v) is 2.68. The fraction of sp³-hybridized carbons (Fsp3) is 0.267. The van der Waals surface area contributed by atoms with E-state index in [0.29, 0.717) is 6.54 Å². The van der Waals surface area contributed by atoms with Crippen molar-refractivity contribution in [3.05, 3.63) is 54.2 Å². The van der Waals surface area contributed by atoms with Gasteiger partial charge in [0.25, 0.3) is 0 Å². The first-order chi connectivity index (χ1) is 8.75. The van der Waals surface area contributed by atoms with E-state index in [-0.39, 0.29) is 6.10 Å². The summed E-state index contributed by atoms with van der Waals surface area (Å²) in [6.45, 7) is 3.16. The van der Waals surface area contributed by atoms with E-state index in [1.807, 2.05) is 18.2 Å². The molecule has 0 fully saturated rings. The molecule has 1 aromatic heterocycles. The minimum Gasteiger partial charge on any atom is -0.392 e. The molecule has 0 aliphatic heterocycles. The maximum absolute atomic E-state index is 9.15. The molecule has 2 N–H and O–H groups in total. The van der Waals surface area contributed by atoms with Crippen molar-refractivity contribution in [1.29, 1.82) is 0 Å². The monoisotopic (exact) mass is 242 g/mol. The summed E-state index contributed by atoms with van der Waals surface area (Å²) in [6.07, 6.45) is 1.49. The smallest absolute Gasteiger partial charge is 0.0701 e. The van der Waals surface area contributed by atoms with Crippen LogP contribution in [0, 0.1) is 0 Å². The summed E-state index contributed by atoms with van der Waals surface area (Å²) in [5, 5.41) is 12.3. The molecular weight excluding hydrogens is 224 g/mol. The number of aliphatic hydroxyl groups is 1. The lowest BCUT2D eigenvalue weighted by atomic mass is 10.1. The Labute approximate surface area is 108 Å². The largest absolute Gasteiger partial charge is 0.392 e. The number of hydrogen-bond donors (Lipinski definition) is 2. The molecule has 1 atom stereocenters. The topological polar surface area (TPSA) is 45.1 Å². The van der Waals surface area contributed by atoms with E-state index in [1.54, 1.807) is 13.1 Å². The molecule has 0 aliphatic rings. The Morgan fingerprint density at radius 3 is 2.56 bits per heavy atom. The lowest BCUT2D eigenvalue weighted by molar-refractivity contribution is 0.191. The highest BCUT2D eigenvalue weighted by Crippen LogP contribution is 2.16. The molecule has 18 heavy (non-hydrogen) atoms. The van der Waals surface area contributed by atoms with E-state index in [1.165, 1.54) is 5.56 Å². The Kier molecular flexibility index (Phi) is 4.45. The van der Waals surface area contributed by atoms with E-state index in [2.05, 4.69) is 34.6 Å². The van der Waals surface area contributed by atoms with Crippen LogP contribution in [0.4, 0.5) is 0 Å². The summed E-state index contributed by atoms with van der Waals surface area (Å²) in [7, 11) is 0. The Balaban J connectivity index is 1.98. The molecule has 0 bridgehead atoms. The number of nitrogens with one attached hydrogen (secondary N) is 1. The van der Waals surface area contributed by atoms with Gasteiger partial charge in [-0.25, -0.2) is 0 Å². The second kappa shape index (κ2) is 6.28. The highest BCUT2D eigenvalue weighted by Gasteiger charge is 1.99. The maximum Gasteiger partial charge on any atom is 0.0701 e. The van der Waals surface area contributed by atoms with Gasteiger partial charge in [0.1, 0.15) is 0 Å². The van der Waals surface area contributed by atoms with Gasteiger partial charge in [0, 0.05) is 24.8 Å². The molecule has 3 nitrogen and oxygen atoms in total. The predicted octanol–water partition coefficient (Wildman–Crippen LogP) is 2.22. The SMILES string of the molecule is C[C@@H](O)CNCc1ccc(-c2ccccn2)cc1. The lowest BCUT2D eigenvalue weighted by Gasteiger charge is -2.07. The highest BCUT2D eigenvalue weighted by molar-refractivity contribution is 5.58. The van der Waals surface area contributed by atoms with Crippen LogP contribution in [-0.4, -0.2) is 22.7 Å². The van der Waals surface area contributed by atoms with Crippen LogP contribution in [0.15, 0.2) is 48.7 Å². The molecule has 1 aromatic carbocycles. The van der Waals surface area contributed by atoms with E-state index in [4.69, 9.17) is 5.11 Å². The molecule has 3 heteroatoms. The van der Waals surface area contributed by atoms with Crippen LogP contribution >= 0.6 is 0 Å². The third kappa shape index (κ3) is 3.65. The number of hydrogen-bond acceptors (Lipinski definition) is 3. The maximum atomic E-state index is 9.15. The molecule has 0 aliphatic carbocycles. The van der Waals surface area contributed by atoms with Crippen LogP contribution in [0.3, 0.4) is 0 Å². The molecule has 0 radical (unpaired) electrons. The minimum atomic E-state index is -0.308. The number of aliphatic hydroxyl groups excluding tert-OH is 1. The van der Waals surface area contributed by atoms with E-state index >= 15 is 0 Å². The van der Waals surface area contributed by atoms with Gasteiger partial charge in [-0.05, 0) is 24.6 Å². The standard InChI is InChI=1S/C15H18N2O/c1-12(18)10-16-11-13-5-7-14(8-6-13)15-4-2-3-9-17-15/h2-9,12,16,18H,10-11H2,1H3/t12-/m1/s1. The van der Waals surface area contributed by atoms with Crippen LogP contribution in [0.25, 0.3) is 11.3 Å². The summed E-state index contributed by atoms with van der Waals surface area (Å²) >= 11 is 0. The lowest BCUT2D eigenvalue weighted by Crippen LogP contribution is -2.23.